The van der Waals surface area contributed by atoms with Crippen molar-refractivity contribution in [2.24, 2.45) is 5.92 Å². The summed E-state index contributed by atoms with van der Waals surface area (Å²) in [6, 6.07) is 4.35. The van der Waals surface area contributed by atoms with Gasteiger partial charge in [-0.1, -0.05) is 27.7 Å². The van der Waals surface area contributed by atoms with Crippen molar-refractivity contribution in [3.8, 4) is 11.5 Å². The summed E-state index contributed by atoms with van der Waals surface area (Å²) >= 11 is 0. The highest BCUT2D eigenvalue weighted by molar-refractivity contribution is 5.54. The number of nitrogens with zero attached hydrogens (tertiary/aromatic N) is 2. The van der Waals surface area contributed by atoms with Gasteiger partial charge in [0.2, 0.25) is 5.95 Å². The first-order valence-corrected chi connectivity index (χ1v) is 10.3. The summed E-state index contributed by atoms with van der Waals surface area (Å²) in [5, 5.41) is 3.27. The molecule has 1 heterocycles. The van der Waals surface area contributed by atoms with Crippen LogP contribution < -0.4 is 20.5 Å². The van der Waals surface area contributed by atoms with Gasteiger partial charge in [0, 0.05) is 18.0 Å². The van der Waals surface area contributed by atoms with Gasteiger partial charge in [-0.15, -0.1) is 0 Å². The molecule has 0 atom stereocenters. The molecule has 0 aliphatic heterocycles. The number of rotatable bonds is 9. The van der Waals surface area contributed by atoms with Crippen molar-refractivity contribution in [3.05, 3.63) is 34.5 Å². The number of methoxy groups -OCH3 is 2. The lowest BCUT2D eigenvalue weighted by molar-refractivity contribution is 0.354. The third-order valence-corrected chi connectivity index (χ3v) is 4.78. The largest absolute Gasteiger partial charge is 0.493 e. The van der Waals surface area contributed by atoms with Crippen LogP contribution in [0.15, 0.2) is 12.1 Å². The molecule has 0 bridgehead atoms. The first-order chi connectivity index (χ1) is 13.7. The Labute approximate surface area is 175 Å². The minimum Gasteiger partial charge on any atom is -0.493 e. The Morgan fingerprint density at radius 2 is 1.59 bits per heavy atom. The zero-order valence-corrected chi connectivity index (χ0v) is 19.1. The Balaban J connectivity index is 2.57. The molecular formula is C23H36N4O2. The van der Waals surface area contributed by atoms with Crippen molar-refractivity contribution in [2.45, 2.75) is 66.3 Å². The fourth-order valence-corrected chi connectivity index (χ4v) is 3.44. The van der Waals surface area contributed by atoms with Crippen molar-refractivity contribution in [2.75, 3.05) is 25.3 Å². The van der Waals surface area contributed by atoms with Crippen LogP contribution in [-0.4, -0.2) is 30.2 Å². The molecule has 29 heavy (non-hydrogen) atoms. The molecule has 6 heteroatoms. The Bertz CT molecular complexity index is 832. The van der Waals surface area contributed by atoms with Gasteiger partial charge < -0.3 is 20.5 Å². The average molecular weight is 401 g/mol. The van der Waals surface area contributed by atoms with E-state index in [1.54, 1.807) is 14.2 Å². The number of anilines is 2. The highest BCUT2D eigenvalue weighted by Crippen LogP contribution is 2.36. The standard InChI is InChI=1S/C23H36N4O2/c1-13(2)9-19-18(22(24)27-23(26-19)25-15(5)6)10-16-11-20(28-7)21(29-8)12-17(16)14(3)4/h11-15H,9-10H2,1-8H3,(H3,24,25,26,27). The highest BCUT2D eigenvalue weighted by atomic mass is 16.5. The van der Waals surface area contributed by atoms with Crippen LogP contribution >= 0.6 is 0 Å². The summed E-state index contributed by atoms with van der Waals surface area (Å²) in [6.07, 6.45) is 1.50. The first kappa shape index (κ1) is 22.8. The van der Waals surface area contributed by atoms with E-state index in [1.807, 2.05) is 6.07 Å². The third-order valence-electron chi connectivity index (χ3n) is 4.78. The number of hydrogen-bond acceptors (Lipinski definition) is 6. The summed E-state index contributed by atoms with van der Waals surface area (Å²) in [6.45, 7) is 12.9. The number of aromatic nitrogens is 2. The smallest absolute Gasteiger partial charge is 0.225 e. The summed E-state index contributed by atoms with van der Waals surface area (Å²) in [5.74, 6) is 3.38. The maximum Gasteiger partial charge on any atom is 0.225 e. The van der Waals surface area contributed by atoms with Gasteiger partial charge in [-0.25, -0.2) is 4.98 Å². The summed E-state index contributed by atoms with van der Waals surface area (Å²) in [7, 11) is 3.32. The second-order valence-corrected chi connectivity index (χ2v) is 8.49. The van der Waals surface area contributed by atoms with Gasteiger partial charge in [0.05, 0.1) is 19.9 Å². The number of nitrogen functional groups attached to an aromatic ring is 1. The van der Waals surface area contributed by atoms with E-state index in [1.165, 1.54) is 5.56 Å². The molecule has 0 aliphatic carbocycles. The molecule has 6 nitrogen and oxygen atoms in total. The van der Waals surface area contributed by atoms with E-state index in [0.29, 0.717) is 30.0 Å². The van der Waals surface area contributed by atoms with Crippen molar-refractivity contribution < 1.29 is 9.47 Å². The molecule has 0 spiro atoms. The number of nitrogens with two attached hydrogens (primary N) is 1. The Morgan fingerprint density at radius 3 is 2.10 bits per heavy atom. The van der Waals surface area contributed by atoms with Crippen LogP contribution in [0, 0.1) is 5.92 Å². The van der Waals surface area contributed by atoms with Crippen LogP contribution in [-0.2, 0) is 12.8 Å². The predicted molar refractivity (Wildman–Crippen MR) is 120 cm³/mol. The van der Waals surface area contributed by atoms with Crippen molar-refractivity contribution in [1.29, 1.82) is 0 Å². The van der Waals surface area contributed by atoms with Crippen LogP contribution in [0.25, 0.3) is 0 Å². The number of ether oxygens (including phenoxy) is 2. The van der Waals surface area contributed by atoms with E-state index >= 15 is 0 Å². The summed E-state index contributed by atoms with van der Waals surface area (Å²) in [5.41, 5.74) is 10.8. The number of hydrogen-bond donors (Lipinski definition) is 2. The molecule has 3 N–H and O–H groups in total. The van der Waals surface area contributed by atoms with Crippen LogP contribution in [0.4, 0.5) is 11.8 Å². The molecule has 0 saturated heterocycles. The molecule has 1 aromatic carbocycles. The molecule has 1 aromatic heterocycles. The molecule has 160 valence electrons. The lowest BCUT2D eigenvalue weighted by atomic mass is 9.91. The quantitative estimate of drug-likeness (QED) is 0.629. The average Bonchev–Trinajstić information content (AvgIpc) is 2.62. The molecule has 0 unspecified atom stereocenters. The Kier molecular flexibility index (Phi) is 7.71. The third kappa shape index (κ3) is 5.75. The molecule has 0 amide bonds. The van der Waals surface area contributed by atoms with E-state index in [0.717, 1.165) is 34.7 Å². The SMILES string of the molecule is COc1cc(Cc2c(N)nc(NC(C)C)nc2CC(C)C)c(C(C)C)cc1OC. The number of benzene rings is 1. The maximum absolute atomic E-state index is 6.43. The zero-order chi connectivity index (χ0) is 21.7. The number of nitrogens with one attached hydrogen (secondary N) is 1. The van der Waals surface area contributed by atoms with Gasteiger partial charge in [-0.2, -0.15) is 4.98 Å². The van der Waals surface area contributed by atoms with Crippen LogP contribution in [0.2, 0.25) is 0 Å². The monoisotopic (exact) mass is 400 g/mol. The van der Waals surface area contributed by atoms with Crippen molar-refractivity contribution in [1.82, 2.24) is 9.97 Å². The predicted octanol–water partition coefficient (Wildman–Crippen LogP) is 4.81. The molecule has 0 fully saturated rings. The summed E-state index contributed by atoms with van der Waals surface area (Å²) < 4.78 is 11.0. The minimum atomic E-state index is 0.241. The Hall–Kier alpha value is -2.50. The molecule has 0 radical (unpaired) electrons. The van der Waals surface area contributed by atoms with E-state index in [9.17, 15) is 0 Å². The van der Waals surface area contributed by atoms with Gasteiger partial charge in [-0.3, -0.25) is 0 Å². The molecule has 2 aromatic rings. The second kappa shape index (κ2) is 9.81. The fourth-order valence-electron chi connectivity index (χ4n) is 3.44. The first-order valence-electron chi connectivity index (χ1n) is 10.3. The summed E-state index contributed by atoms with van der Waals surface area (Å²) in [4.78, 5) is 9.33. The lowest BCUT2D eigenvalue weighted by Crippen LogP contribution is -2.17. The van der Waals surface area contributed by atoms with Crippen LogP contribution in [0.5, 0.6) is 11.5 Å². The molecule has 0 aliphatic rings. The Morgan fingerprint density at radius 1 is 0.966 bits per heavy atom. The fraction of sp³-hybridized carbons (Fsp3) is 0.565. The van der Waals surface area contributed by atoms with Crippen LogP contribution in [0.3, 0.4) is 0 Å². The van der Waals surface area contributed by atoms with Crippen LogP contribution in [0.1, 0.15) is 69.8 Å². The molecule has 2 rings (SSSR count). The van der Waals surface area contributed by atoms with Crippen molar-refractivity contribution in [3.63, 3.8) is 0 Å². The minimum absolute atomic E-state index is 0.241. The normalized spacial score (nSPS) is 11.4. The molecule has 0 saturated carbocycles. The van der Waals surface area contributed by atoms with Gasteiger partial charge in [0.15, 0.2) is 11.5 Å². The lowest BCUT2D eigenvalue weighted by Gasteiger charge is -2.20. The van der Waals surface area contributed by atoms with E-state index in [2.05, 4.69) is 57.9 Å². The maximum atomic E-state index is 6.43. The van der Waals surface area contributed by atoms with Gasteiger partial charge in [0.1, 0.15) is 5.82 Å². The van der Waals surface area contributed by atoms with E-state index < -0.39 is 0 Å². The second-order valence-electron chi connectivity index (χ2n) is 8.49. The van der Waals surface area contributed by atoms with Crippen molar-refractivity contribution >= 4 is 11.8 Å². The van der Waals surface area contributed by atoms with E-state index in [4.69, 9.17) is 20.2 Å². The molecular weight excluding hydrogens is 364 g/mol. The topological polar surface area (TPSA) is 82.3 Å². The van der Waals surface area contributed by atoms with Gasteiger partial charge in [0.25, 0.3) is 0 Å². The van der Waals surface area contributed by atoms with Gasteiger partial charge >= 0.3 is 0 Å². The zero-order valence-electron chi connectivity index (χ0n) is 19.1. The van der Waals surface area contributed by atoms with E-state index in [-0.39, 0.29) is 6.04 Å². The highest BCUT2D eigenvalue weighted by Gasteiger charge is 2.19. The van der Waals surface area contributed by atoms with Gasteiger partial charge in [-0.05, 0) is 55.4 Å².